The monoisotopic (exact) mass is 284 g/mol. The second-order valence-corrected chi connectivity index (χ2v) is 5.12. The van der Waals surface area contributed by atoms with Crippen molar-refractivity contribution in [2.45, 2.75) is 18.7 Å². The van der Waals surface area contributed by atoms with Crippen LogP contribution in [-0.2, 0) is 11.2 Å². The van der Waals surface area contributed by atoms with Crippen molar-refractivity contribution in [2.24, 2.45) is 0 Å². The summed E-state index contributed by atoms with van der Waals surface area (Å²) in [6.07, 6.45) is 0.712. The minimum atomic E-state index is -0.398. The Morgan fingerprint density at radius 3 is 2.52 bits per heavy atom. The van der Waals surface area contributed by atoms with E-state index in [0.717, 1.165) is 12.0 Å². The number of nitrogens with zero attached hydrogens (tertiary/aromatic N) is 1. The molecule has 1 aliphatic heterocycles. The van der Waals surface area contributed by atoms with Crippen LogP contribution < -0.4 is 5.32 Å². The summed E-state index contributed by atoms with van der Waals surface area (Å²) in [6, 6.07) is 17.0. The van der Waals surface area contributed by atoms with Gasteiger partial charge in [0.2, 0.25) is 0 Å². The fraction of sp³-hybridized carbons (Fsp3) is 0.250. The van der Waals surface area contributed by atoms with Gasteiger partial charge in [0, 0.05) is 18.2 Å². The van der Waals surface area contributed by atoms with Crippen molar-refractivity contribution in [3.05, 3.63) is 75.8 Å². The lowest BCUT2D eigenvalue weighted by Gasteiger charge is -2.12. The Hall–Kier alpha value is -2.24. The molecule has 0 aliphatic carbocycles. The predicted molar refractivity (Wildman–Crippen MR) is 78.9 cm³/mol. The number of non-ortho nitro benzene ring substituents is 1. The molecule has 2 aromatic carbocycles. The lowest BCUT2D eigenvalue weighted by Crippen LogP contribution is -2.27. The fourth-order valence-electron chi connectivity index (χ4n) is 2.50. The Labute approximate surface area is 122 Å². The molecular formula is C16H16N2O3. The first-order valence-corrected chi connectivity index (χ1v) is 6.88. The van der Waals surface area contributed by atoms with E-state index >= 15 is 0 Å². The number of rotatable bonds is 4. The van der Waals surface area contributed by atoms with Crippen LogP contribution in [0.2, 0.25) is 0 Å². The van der Waals surface area contributed by atoms with Crippen molar-refractivity contribution in [3.8, 4) is 0 Å². The Bertz CT molecular complexity index is 613. The molecule has 0 bridgehead atoms. The van der Waals surface area contributed by atoms with Gasteiger partial charge in [0.05, 0.1) is 11.5 Å². The van der Waals surface area contributed by atoms with Crippen molar-refractivity contribution >= 4 is 5.69 Å². The summed E-state index contributed by atoms with van der Waals surface area (Å²) < 4.78 is 5.74. The summed E-state index contributed by atoms with van der Waals surface area (Å²) in [6.45, 7) is 0.635. The highest BCUT2D eigenvalue weighted by Gasteiger charge is 2.25. The summed E-state index contributed by atoms with van der Waals surface area (Å²) >= 11 is 0. The highest BCUT2D eigenvalue weighted by Crippen LogP contribution is 2.24. The van der Waals surface area contributed by atoms with Gasteiger partial charge in [-0.15, -0.1) is 0 Å². The molecule has 0 amide bonds. The molecule has 1 aliphatic rings. The number of benzene rings is 2. The first-order chi connectivity index (χ1) is 10.2. The maximum Gasteiger partial charge on any atom is 0.269 e. The number of nitro benzene ring substituents is 1. The van der Waals surface area contributed by atoms with Gasteiger partial charge in [0.15, 0.2) is 0 Å². The molecule has 5 nitrogen and oxygen atoms in total. The van der Waals surface area contributed by atoms with E-state index < -0.39 is 4.92 Å². The second kappa shape index (κ2) is 6.03. The van der Waals surface area contributed by atoms with Crippen molar-refractivity contribution in [3.63, 3.8) is 0 Å². The molecule has 1 saturated heterocycles. The van der Waals surface area contributed by atoms with E-state index in [9.17, 15) is 10.1 Å². The van der Waals surface area contributed by atoms with Gasteiger partial charge in [-0.05, 0) is 29.7 Å². The maximum atomic E-state index is 10.6. The third kappa shape index (κ3) is 3.26. The molecule has 3 rings (SSSR count). The van der Waals surface area contributed by atoms with E-state index in [1.807, 2.05) is 18.2 Å². The van der Waals surface area contributed by atoms with E-state index in [1.54, 1.807) is 12.1 Å². The van der Waals surface area contributed by atoms with E-state index in [-0.39, 0.29) is 18.0 Å². The zero-order chi connectivity index (χ0) is 14.7. The van der Waals surface area contributed by atoms with Crippen molar-refractivity contribution in [1.29, 1.82) is 0 Å². The van der Waals surface area contributed by atoms with Gasteiger partial charge >= 0.3 is 0 Å². The Kier molecular flexibility index (Phi) is 3.94. The van der Waals surface area contributed by atoms with E-state index in [1.165, 1.54) is 17.7 Å². The normalized spacial score (nSPS) is 21.3. The smallest absolute Gasteiger partial charge is 0.269 e. The molecule has 1 N–H and O–H groups in total. The lowest BCUT2D eigenvalue weighted by molar-refractivity contribution is -0.384. The predicted octanol–water partition coefficient (Wildman–Crippen LogP) is 2.82. The quantitative estimate of drug-likeness (QED) is 0.692. The molecule has 2 atom stereocenters. The number of ether oxygens (including phenoxy) is 1. The highest BCUT2D eigenvalue weighted by atomic mass is 16.6. The molecule has 108 valence electrons. The number of hydrogen-bond acceptors (Lipinski definition) is 4. The molecule has 0 spiro atoms. The van der Waals surface area contributed by atoms with Crippen LogP contribution in [-0.4, -0.2) is 17.6 Å². The molecule has 1 fully saturated rings. The van der Waals surface area contributed by atoms with Crippen LogP contribution in [0.25, 0.3) is 0 Å². The van der Waals surface area contributed by atoms with Gasteiger partial charge in [-0.1, -0.05) is 30.3 Å². The lowest BCUT2D eigenvalue weighted by atomic mass is 10.1. The molecule has 2 aromatic rings. The zero-order valence-corrected chi connectivity index (χ0v) is 11.4. The van der Waals surface area contributed by atoms with E-state index in [4.69, 9.17) is 4.74 Å². The highest BCUT2D eigenvalue weighted by molar-refractivity contribution is 5.34. The van der Waals surface area contributed by atoms with Crippen LogP contribution in [0.15, 0.2) is 54.6 Å². The zero-order valence-electron chi connectivity index (χ0n) is 11.4. The summed E-state index contributed by atoms with van der Waals surface area (Å²) in [5, 5.41) is 14.1. The number of hydrogen-bond donors (Lipinski definition) is 1. The van der Waals surface area contributed by atoms with Crippen LogP contribution in [0.3, 0.4) is 0 Å². The first kappa shape index (κ1) is 13.7. The van der Waals surface area contributed by atoms with Crippen LogP contribution in [0.4, 0.5) is 5.69 Å². The van der Waals surface area contributed by atoms with E-state index in [0.29, 0.717) is 6.61 Å². The van der Waals surface area contributed by atoms with Crippen molar-refractivity contribution in [2.75, 3.05) is 6.61 Å². The molecule has 0 aromatic heterocycles. The molecule has 1 heterocycles. The van der Waals surface area contributed by atoms with Gasteiger partial charge in [-0.25, -0.2) is 0 Å². The summed E-state index contributed by atoms with van der Waals surface area (Å²) in [7, 11) is 0. The minimum absolute atomic E-state index is 0.0950. The number of nitrogens with one attached hydrogen (secondary N) is 1. The van der Waals surface area contributed by atoms with Gasteiger partial charge in [0.1, 0.15) is 6.23 Å². The molecule has 0 unspecified atom stereocenters. The van der Waals surface area contributed by atoms with Crippen LogP contribution in [0.1, 0.15) is 17.4 Å². The number of nitro groups is 1. The Balaban J connectivity index is 1.62. The second-order valence-electron chi connectivity index (χ2n) is 5.12. The molecule has 0 saturated carbocycles. The van der Waals surface area contributed by atoms with Crippen LogP contribution in [0, 0.1) is 10.1 Å². The van der Waals surface area contributed by atoms with Crippen LogP contribution >= 0.6 is 0 Å². The summed E-state index contributed by atoms with van der Waals surface area (Å²) in [5.41, 5.74) is 2.27. The minimum Gasteiger partial charge on any atom is -0.357 e. The standard InChI is InChI=1S/C16H16N2O3/c19-18(20)15-8-6-13(7-9-15)16-17-14(11-21-16)10-12-4-2-1-3-5-12/h1-9,14,16-17H,10-11H2/t14-,16-/m0/s1. The topological polar surface area (TPSA) is 64.4 Å². The summed E-state index contributed by atoms with van der Waals surface area (Å²) in [5.74, 6) is 0. The fourth-order valence-corrected chi connectivity index (χ4v) is 2.50. The molecular weight excluding hydrogens is 268 g/mol. The van der Waals surface area contributed by atoms with Crippen LogP contribution in [0.5, 0.6) is 0 Å². The average molecular weight is 284 g/mol. The van der Waals surface area contributed by atoms with Gasteiger partial charge in [-0.3, -0.25) is 15.4 Å². The summed E-state index contributed by atoms with van der Waals surface area (Å²) in [4.78, 5) is 10.2. The SMILES string of the molecule is O=[N+]([O-])c1ccc([C@H]2N[C@@H](Cc3ccccc3)CO2)cc1. The largest absolute Gasteiger partial charge is 0.357 e. The Morgan fingerprint density at radius 1 is 1.14 bits per heavy atom. The molecule has 21 heavy (non-hydrogen) atoms. The third-order valence-corrected chi connectivity index (χ3v) is 3.58. The van der Waals surface area contributed by atoms with Gasteiger partial charge < -0.3 is 4.74 Å². The maximum absolute atomic E-state index is 10.6. The third-order valence-electron chi connectivity index (χ3n) is 3.58. The average Bonchev–Trinajstić information content (AvgIpc) is 2.97. The molecule has 0 radical (unpaired) electrons. The van der Waals surface area contributed by atoms with Crippen molar-refractivity contribution < 1.29 is 9.66 Å². The van der Waals surface area contributed by atoms with Gasteiger partial charge in [0.25, 0.3) is 5.69 Å². The van der Waals surface area contributed by atoms with Crippen molar-refractivity contribution in [1.82, 2.24) is 5.32 Å². The van der Waals surface area contributed by atoms with E-state index in [2.05, 4.69) is 17.4 Å². The van der Waals surface area contributed by atoms with Gasteiger partial charge in [-0.2, -0.15) is 0 Å². The Morgan fingerprint density at radius 2 is 1.86 bits per heavy atom. The first-order valence-electron chi connectivity index (χ1n) is 6.88. The molecule has 5 heteroatoms.